The molecule has 2 saturated heterocycles. The van der Waals surface area contributed by atoms with Gasteiger partial charge >= 0.3 is 6.18 Å². The van der Waals surface area contributed by atoms with E-state index in [1.807, 2.05) is 0 Å². The van der Waals surface area contributed by atoms with Crippen LogP contribution in [-0.4, -0.2) is 86.9 Å². The van der Waals surface area contributed by atoms with Gasteiger partial charge < -0.3 is 10.2 Å². The molecule has 0 spiro atoms. The summed E-state index contributed by atoms with van der Waals surface area (Å²) in [5, 5.41) is 3.28. The zero-order valence-electron chi connectivity index (χ0n) is 21.5. The fraction of sp³-hybridized carbons (Fsp3) is 0.600. The normalized spacial score (nSPS) is 26.0. The van der Waals surface area contributed by atoms with E-state index in [0.29, 0.717) is 0 Å². The van der Waals surface area contributed by atoms with Crippen LogP contribution >= 0.6 is 0 Å². The summed E-state index contributed by atoms with van der Waals surface area (Å²) >= 11 is 0. The first-order valence-corrected chi connectivity index (χ1v) is 14.3. The molecule has 1 aromatic carbocycles. The number of hydrogen-bond acceptors (Lipinski definition) is 5. The maximum atomic E-state index is 15.6. The maximum absolute atomic E-state index is 15.6. The van der Waals surface area contributed by atoms with E-state index < -0.39 is 76.0 Å². The number of alkyl halides is 4. The molecule has 7 nitrogen and oxygen atoms in total. The lowest BCUT2D eigenvalue weighted by Gasteiger charge is -2.28. The Bertz CT molecular complexity index is 1210. The molecule has 218 valence electrons. The highest BCUT2D eigenvalue weighted by Gasteiger charge is 2.46. The van der Waals surface area contributed by atoms with E-state index >= 15 is 4.39 Å². The number of benzene rings is 1. The van der Waals surface area contributed by atoms with Crippen molar-refractivity contribution in [2.24, 2.45) is 5.92 Å². The van der Waals surface area contributed by atoms with Gasteiger partial charge in [0.2, 0.25) is 5.91 Å². The molecular formula is C25H31F6N3O4S. The molecule has 14 heteroatoms. The lowest BCUT2D eigenvalue weighted by molar-refractivity contribution is -0.146. The number of halogens is 6. The largest absolute Gasteiger partial charge is 0.401 e. The van der Waals surface area contributed by atoms with E-state index in [-0.39, 0.29) is 44.6 Å². The number of carbonyl (C=O) groups is 2. The first-order valence-electron chi connectivity index (χ1n) is 12.4. The average Bonchev–Trinajstić information content (AvgIpc) is 3.10. The van der Waals surface area contributed by atoms with Gasteiger partial charge in [-0.2, -0.15) is 13.2 Å². The molecule has 2 aliphatic rings. The van der Waals surface area contributed by atoms with Crippen LogP contribution in [-0.2, 0) is 19.4 Å². The van der Waals surface area contributed by atoms with Gasteiger partial charge in [0.25, 0.3) is 5.91 Å². The highest BCUT2D eigenvalue weighted by atomic mass is 32.2. The molecule has 39 heavy (non-hydrogen) atoms. The van der Waals surface area contributed by atoms with E-state index in [4.69, 9.17) is 0 Å². The smallest absolute Gasteiger partial charge is 0.347 e. The second-order valence-corrected chi connectivity index (χ2v) is 12.2. The lowest BCUT2D eigenvalue weighted by Crippen LogP contribution is -2.47. The van der Waals surface area contributed by atoms with Crippen LogP contribution in [0.15, 0.2) is 29.7 Å². The van der Waals surface area contributed by atoms with Gasteiger partial charge in [0.1, 0.15) is 0 Å². The van der Waals surface area contributed by atoms with Crippen molar-refractivity contribution in [3.05, 3.63) is 46.9 Å². The Hall–Kier alpha value is -2.61. The van der Waals surface area contributed by atoms with Crippen LogP contribution in [0.5, 0.6) is 0 Å². The first-order chi connectivity index (χ1) is 18.0. The number of likely N-dealkylation sites (tertiary alicyclic amines) is 2. The van der Waals surface area contributed by atoms with E-state index in [1.165, 1.54) is 30.0 Å². The second kappa shape index (κ2) is 11.9. The van der Waals surface area contributed by atoms with Crippen LogP contribution in [0.2, 0.25) is 0 Å². The molecule has 3 rings (SSSR count). The quantitative estimate of drug-likeness (QED) is 0.498. The lowest BCUT2D eigenvalue weighted by atomic mass is 9.87. The molecule has 1 aromatic rings. The number of hydrogen-bond donors (Lipinski definition) is 1. The van der Waals surface area contributed by atoms with E-state index in [1.54, 1.807) is 0 Å². The standard InChI is InChI=1S/C25H31F6N3O4S/c1-16(7-12-39(2,37)38)32-23(36)24(28)8-4-10-34(11-9-24)22(35)19-14-33(15-25(29,30)31)13-18(19)17-5-3-6-20(26)21(17)27/h3,5-7,12,16,18-19H,4,8-11,13-15H2,1-2H3,(H,32,36)/b12-7-/t16-,18+,19+,24-/m1/s1. The van der Waals surface area contributed by atoms with Crippen molar-refractivity contribution in [2.45, 2.75) is 50.0 Å². The number of carbonyl (C=O) groups excluding carboxylic acids is 2. The zero-order valence-corrected chi connectivity index (χ0v) is 22.3. The first kappa shape index (κ1) is 30.9. The molecule has 0 saturated carbocycles. The Kier molecular flexibility index (Phi) is 9.41. The fourth-order valence-electron chi connectivity index (χ4n) is 5.07. The molecule has 2 heterocycles. The van der Waals surface area contributed by atoms with Crippen LogP contribution in [0.4, 0.5) is 26.3 Å². The molecule has 0 aromatic heterocycles. The van der Waals surface area contributed by atoms with Crippen LogP contribution in [0.1, 0.15) is 37.7 Å². The summed E-state index contributed by atoms with van der Waals surface area (Å²) in [7, 11) is -3.45. The van der Waals surface area contributed by atoms with Crippen molar-refractivity contribution in [1.82, 2.24) is 15.1 Å². The average molecular weight is 584 g/mol. The van der Waals surface area contributed by atoms with Gasteiger partial charge in [-0.3, -0.25) is 14.5 Å². The summed E-state index contributed by atoms with van der Waals surface area (Å²) in [6.45, 7) is -0.725. The minimum atomic E-state index is -4.57. The summed E-state index contributed by atoms with van der Waals surface area (Å²) in [6.07, 6.45) is -2.97. The van der Waals surface area contributed by atoms with Crippen LogP contribution in [0.25, 0.3) is 0 Å². The van der Waals surface area contributed by atoms with Crippen molar-refractivity contribution in [1.29, 1.82) is 0 Å². The van der Waals surface area contributed by atoms with Gasteiger partial charge in [-0.1, -0.05) is 18.2 Å². The van der Waals surface area contributed by atoms with Crippen molar-refractivity contribution in [3.8, 4) is 0 Å². The summed E-state index contributed by atoms with van der Waals surface area (Å²) in [6, 6.07) is 2.53. The highest BCUT2D eigenvalue weighted by Crippen LogP contribution is 2.38. The Balaban J connectivity index is 1.75. The molecule has 2 fully saturated rings. The van der Waals surface area contributed by atoms with Crippen molar-refractivity contribution in [3.63, 3.8) is 0 Å². The van der Waals surface area contributed by atoms with Gasteiger partial charge in [-0.05, 0) is 31.4 Å². The molecule has 1 N–H and O–H groups in total. The van der Waals surface area contributed by atoms with Crippen LogP contribution < -0.4 is 5.32 Å². The van der Waals surface area contributed by atoms with Crippen molar-refractivity contribution in [2.75, 3.05) is 39.0 Å². The van der Waals surface area contributed by atoms with E-state index in [0.717, 1.165) is 22.6 Å². The Morgan fingerprint density at radius 1 is 1.18 bits per heavy atom. The van der Waals surface area contributed by atoms with Gasteiger partial charge in [0.05, 0.1) is 12.5 Å². The monoisotopic (exact) mass is 583 g/mol. The molecule has 2 amide bonds. The predicted octanol–water partition coefficient (Wildman–Crippen LogP) is 3.33. The van der Waals surface area contributed by atoms with Crippen molar-refractivity contribution >= 4 is 21.7 Å². The fourth-order valence-corrected chi connectivity index (χ4v) is 5.59. The molecule has 0 unspecified atom stereocenters. The van der Waals surface area contributed by atoms with Crippen LogP contribution in [0, 0.1) is 17.6 Å². The van der Waals surface area contributed by atoms with Gasteiger partial charge in [0, 0.05) is 56.2 Å². The Morgan fingerprint density at radius 3 is 2.51 bits per heavy atom. The topological polar surface area (TPSA) is 86.8 Å². The maximum Gasteiger partial charge on any atom is 0.401 e. The zero-order chi connectivity index (χ0) is 29.2. The Morgan fingerprint density at radius 2 is 1.87 bits per heavy atom. The summed E-state index contributed by atoms with van der Waals surface area (Å²) in [5.41, 5.74) is -2.57. The molecule has 4 atom stereocenters. The van der Waals surface area contributed by atoms with E-state index in [2.05, 4.69) is 5.32 Å². The van der Waals surface area contributed by atoms with Gasteiger partial charge in [-0.25, -0.2) is 21.6 Å². The number of rotatable bonds is 7. The third kappa shape index (κ3) is 8.19. The SMILES string of the molecule is C[C@H](/C=C\S(C)(=O)=O)NC(=O)[C@@]1(F)CCCN(C(=O)[C@H]2CN(CC(F)(F)F)C[C@H]2c2cccc(F)c2F)CC1. The third-order valence-electron chi connectivity index (χ3n) is 6.97. The minimum absolute atomic E-state index is 0.0233. The molecular weight excluding hydrogens is 552 g/mol. The molecule has 2 aliphatic heterocycles. The Labute approximate surface area is 223 Å². The van der Waals surface area contributed by atoms with Crippen LogP contribution in [0.3, 0.4) is 0 Å². The second-order valence-electron chi connectivity index (χ2n) is 10.2. The summed E-state index contributed by atoms with van der Waals surface area (Å²) < 4.78 is 106. The molecule has 0 aliphatic carbocycles. The van der Waals surface area contributed by atoms with E-state index in [9.17, 15) is 40.0 Å². The summed E-state index contributed by atoms with van der Waals surface area (Å²) in [5.74, 6) is -6.20. The minimum Gasteiger partial charge on any atom is -0.347 e. The number of nitrogens with one attached hydrogen (secondary N) is 1. The van der Waals surface area contributed by atoms with Crippen molar-refractivity contribution < 1.29 is 44.3 Å². The number of sulfone groups is 1. The molecule has 0 radical (unpaired) electrons. The van der Waals surface area contributed by atoms with Gasteiger partial charge in [0.15, 0.2) is 27.1 Å². The predicted molar refractivity (Wildman–Crippen MR) is 131 cm³/mol. The highest BCUT2D eigenvalue weighted by molar-refractivity contribution is 7.93. The number of amides is 2. The third-order valence-corrected chi connectivity index (χ3v) is 7.62. The summed E-state index contributed by atoms with van der Waals surface area (Å²) in [4.78, 5) is 28.4. The number of nitrogens with zero attached hydrogens (tertiary/aromatic N) is 2. The van der Waals surface area contributed by atoms with Gasteiger partial charge in [-0.15, -0.1) is 0 Å². The molecule has 0 bridgehead atoms.